The summed E-state index contributed by atoms with van der Waals surface area (Å²) in [6, 6.07) is 9.35. The van der Waals surface area contributed by atoms with Gasteiger partial charge in [0.25, 0.3) is 15.9 Å². The number of carbonyl (C=O) groups excluding carboxylic acids is 2. The van der Waals surface area contributed by atoms with Crippen molar-refractivity contribution in [3.05, 3.63) is 64.5 Å². The molecule has 2 heterocycles. The zero-order chi connectivity index (χ0) is 35.9. The summed E-state index contributed by atoms with van der Waals surface area (Å²) in [5.74, 6) is 0.0530. The molecule has 1 aromatic heterocycles. The Kier molecular flexibility index (Phi) is 12.9. The number of amides is 3. The first-order valence-corrected chi connectivity index (χ1v) is 18.1. The summed E-state index contributed by atoms with van der Waals surface area (Å²) in [5.41, 5.74) is 1.38. The number of anilines is 2. The number of sulfonamides is 1. The first kappa shape index (κ1) is 38.0. The van der Waals surface area contributed by atoms with E-state index in [1.807, 2.05) is 13.8 Å². The molecule has 0 fully saturated rings. The molecule has 1 aliphatic heterocycles. The van der Waals surface area contributed by atoms with Crippen LogP contribution in [0.5, 0.6) is 5.75 Å². The van der Waals surface area contributed by atoms with Gasteiger partial charge in [-0.05, 0) is 89.4 Å². The van der Waals surface area contributed by atoms with Crippen LogP contribution < -0.4 is 14.8 Å². The molecule has 0 spiro atoms. The van der Waals surface area contributed by atoms with E-state index in [0.717, 1.165) is 12.8 Å². The number of urea groups is 1. The minimum atomic E-state index is -4.00. The molecule has 0 saturated heterocycles. The lowest BCUT2D eigenvalue weighted by Crippen LogP contribution is -2.48. The summed E-state index contributed by atoms with van der Waals surface area (Å²) in [6.07, 6.45) is 1.50. The van der Waals surface area contributed by atoms with Crippen molar-refractivity contribution in [3.8, 4) is 5.75 Å². The number of aliphatic hydroxyl groups is 1. The first-order chi connectivity index (χ1) is 23.2. The van der Waals surface area contributed by atoms with Crippen LogP contribution in [0.25, 0.3) is 0 Å². The van der Waals surface area contributed by atoms with E-state index in [9.17, 15) is 23.1 Å². The summed E-state index contributed by atoms with van der Waals surface area (Å²) < 4.78 is 46.7. The average molecular weight is 720 g/mol. The van der Waals surface area contributed by atoms with Gasteiger partial charge in [0.05, 0.1) is 35.3 Å². The molecule has 0 radical (unpaired) electrons. The fraction of sp³-hybridized carbons (Fsp3) is 0.500. The lowest BCUT2D eigenvalue weighted by atomic mass is 10.0. The standard InChI is InChI=1S/C34H46ClN5O8S/c1-21-18-40(22(2)20-41)33(42)29-17-27(38-49(44,45)28-13-10-26(35)11-14-28)12-15-30(29)47-23(3)9-7-8-16-46-31(21)19-39(6)34(43)36-32-24(4)37-48-25(32)5/h10-15,17,21-23,31,38,41H,7-9,16,18-20H2,1-6H3,(H,36,43)/t21-,22+,23+,31+/m1/s1. The van der Waals surface area contributed by atoms with E-state index in [1.54, 1.807) is 40.0 Å². The number of hydrogen-bond acceptors (Lipinski definition) is 9. The minimum Gasteiger partial charge on any atom is -0.490 e. The fourth-order valence-corrected chi connectivity index (χ4v) is 6.67. The second-order valence-electron chi connectivity index (χ2n) is 12.6. The average Bonchev–Trinajstić information content (AvgIpc) is 3.38. The molecule has 3 aromatic rings. The van der Waals surface area contributed by atoms with E-state index in [-0.39, 0.29) is 53.9 Å². The van der Waals surface area contributed by atoms with Crippen molar-refractivity contribution in [2.24, 2.45) is 5.92 Å². The predicted molar refractivity (Wildman–Crippen MR) is 187 cm³/mol. The Morgan fingerprint density at radius 3 is 2.53 bits per heavy atom. The molecule has 13 nitrogen and oxygen atoms in total. The number of fused-ring (bicyclic) bond motifs is 1. The lowest BCUT2D eigenvalue weighted by Gasteiger charge is -2.35. The number of aromatic nitrogens is 1. The van der Waals surface area contributed by atoms with Gasteiger partial charge in [-0.3, -0.25) is 9.52 Å². The number of ether oxygens (including phenoxy) is 2. The van der Waals surface area contributed by atoms with Crippen molar-refractivity contribution < 1.29 is 37.1 Å². The Morgan fingerprint density at radius 1 is 1.16 bits per heavy atom. The summed E-state index contributed by atoms with van der Waals surface area (Å²) in [6.45, 7) is 9.53. The van der Waals surface area contributed by atoms with Crippen molar-refractivity contribution in [3.63, 3.8) is 0 Å². The third-order valence-electron chi connectivity index (χ3n) is 8.49. The van der Waals surface area contributed by atoms with Crippen molar-refractivity contribution in [1.82, 2.24) is 15.0 Å². The van der Waals surface area contributed by atoms with Gasteiger partial charge in [-0.1, -0.05) is 23.7 Å². The van der Waals surface area contributed by atoms with Crippen LogP contribution in [0, 0.1) is 19.8 Å². The molecule has 3 amide bonds. The van der Waals surface area contributed by atoms with Crippen LogP contribution in [0.4, 0.5) is 16.2 Å². The number of nitrogens with zero attached hydrogens (tertiary/aromatic N) is 3. The summed E-state index contributed by atoms with van der Waals surface area (Å²) in [4.78, 5) is 30.6. The van der Waals surface area contributed by atoms with Gasteiger partial charge in [0.2, 0.25) is 0 Å². The Bertz CT molecular complexity index is 1680. The maximum atomic E-state index is 14.4. The molecule has 2 aromatic carbocycles. The van der Waals surface area contributed by atoms with Crippen LogP contribution in [0.2, 0.25) is 5.02 Å². The monoisotopic (exact) mass is 719 g/mol. The molecule has 0 saturated carbocycles. The molecule has 0 aliphatic carbocycles. The number of benzene rings is 2. The normalized spacial score (nSPS) is 20.0. The molecule has 4 rings (SSSR count). The summed E-state index contributed by atoms with van der Waals surface area (Å²) in [5, 5.41) is 17.4. The van der Waals surface area contributed by atoms with Crippen molar-refractivity contribution >= 4 is 44.9 Å². The summed E-state index contributed by atoms with van der Waals surface area (Å²) >= 11 is 5.95. The molecule has 1 aliphatic rings. The minimum absolute atomic E-state index is 0.00827. The van der Waals surface area contributed by atoms with Crippen LogP contribution >= 0.6 is 11.6 Å². The van der Waals surface area contributed by atoms with Crippen LogP contribution in [0.1, 0.15) is 61.8 Å². The number of aliphatic hydroxyl groups excluding tert-OH is 1. The third-order valence-corrected chi connectivity index (χ3v) is 10.1. The second kappa shape index (κ2) is 16.7. The van der Waals surface area contributed by atoms with E-state index in [0.29, 0.717) is 40.9 Å². The van der Waals surface area contributed by atoms with Gasteiger partial charge in [0, 0.05) is 43.4 Å². The Balaban J connectivity index is 1.63. The highest BCUT2D eigenvalue weighted by molar-refractivity contribution is 7.92. The van der Waals surface area contributed by atoms with Crippen LogP contribution in [-0.2, 0) is 14.8 Å². The number of carbonyl (C=O) groups is 2. The zero-order valence-electron chi connectivity index (χ0n) is 28.7. The van der Waals surface area contributed by atoms with Gasteiger partial charge in [-0.15, -0.1) is 0 Å². The lowest BCUT2D eigenvalue weighted by molar-refractivity contribution is -0.0115. The van der Waals surface area contributed by atoms with Crippen molar-refractivity contribution in [2.45, 2.75) is 77.0 Å². The highest BCUT2D eigenvalue weighted by Gasteiger charge is 2.31. The number of nitrogens with one attached hydrogen (secondary N) is 2. The Hall–Kier alpha value is -3.85. The molecule has 0 bridgehead atoms. The predicted octanol–water partition coefficient (Wildman–Crippen LogP) is 5.71. The van der Waals surface area contributed by atoms with E-state index >= 15 is 0 Å². The molecular formula is C34H46ClN5O8S. The number of aryl methyl sites for hydroxylation is 2. The van der Waals surface area contributed by atoms with E-state index in [4.69, 9.17) is 25.6 Å². The first-order valence-electron chi connectivity index (χ1n) is 16.3. The van der Waals surface area contributed by atoms with Gasteiger partial charge in [0.15, 0.2) is 5.76 Å². The van der Waals surface area contributed by atoms with E-state index < -0.39 is 28.1 Å². The molecule has 15 heteroatoms. The molecular weight excluding hydrogens is 674 g/mol. The van der Waals surface area contributed by atoms with Crippen LogP contribution in [0.3, 0.4) is 0 Å². The van der Waals surface area contributed by atoms with Crippen LogP contribution in [-0.4, -0.2) is 92.0 Å². The fourth-order valence-electron chi connectivity index (χ4n) is 5.49. The molecule has 49 heavy (non-hydrogen) atoms. The quantitative estimate of drug-likeness (QED) is 0.265. The van der Waals surface area contributed by atoms with E-state index in [2.05, 4.69) is 15.2 Å². The third kappa shape index (κ3) is 9.87. The van der Waals surface area contributed by atoms with Gasteiger partial charge < -0.3 is 34.2 Å². The molecule has 3 N–H and O–H groups in total. The maximum Gasteiger partial charge on any atom is 0.321 e. The SMILES string of the molecule is Cc1noc(C)c1NC(=O)N(C)C[C@@H]1OCCCC[C@H](C)Oc2ccc(NS(=O)(=O)c3ccc(Cl)cc3)cc2C(=O)N([C@@H](C)CO)C[C@H]1C. The number of likely N-dealkylation sites (N-methyl/N-ethyl adjacent to an activating group) is 1. The van der Waals surface area contributed by atoms with Gasteiger partial charge >= 0.3 is 6.03 Å². The number of hydrogen-bond donors (Lipinski definition) is 3. The maximum absolute atomic E-state index is 14.4. The highest BCUT2D eigenvalue weighted by Crippen LogP contribution is 2.30. The Morgan fingerprint density at radius 2 is 1.88 bits per heavy atom. The number of halogens is 1. The smallest absolute Gasteiger partial charge is 0.321 e. The van der Waals surface area contributed by atoms with Gasteiger partial charge in [0.1, 0.15) is 17.1 Å². The van der Waals surface area contributed by atoms with E-state index in [1.165, 1.54) is 40.1 Å². The zero-order valence-corrected chi connectivity index (χ0v) is 30.3. The largest absolute Gasteiger partial charge is 0.490 e. The topological polar surface area (TPSA) is 164 Å². The summed E-state index contributed by atoms with van der Waals surface area (Å²) in [7, 11) is -2.34. The Labute approximate surface area is 292 Å². The molecule has 4 atom stereocenters. The number of rotatable bonds is 8. The molecule has 0 unspecified atom stereocenters. The highest BCUT2D eigenvalue weighted by atomic mass is 35.5. The van der Waals surface area contributed by atoms with Crippen molar-refractivity contribution in [1.29, 1.82) is 0 Å². The second-order valence-corrected chi connectivity index (χ2v) is 14.7. The van der Waals surface area contributed by atoms with Crippen molar-refractivity contribution in [2.75, 3.05) is 43.4 Å². The van der Waals surface area contributed by atoms with Gasteiger partial charge in [-0.2, -0.15) is 0 Å². The molecule has 268 valence electrons. The van der Waals surface area contributed by atoms with Crippen LogP contribution in [0.15, 0.2) is 51.9 Å². The van der Waals surface area contributed by atoms with Gasteiger partial charge in [-0.25, -0.2) is 13.2 Å².